The minimum atomic E-state index is -3.04. The van der Waals surface area contributed by atoms with Crippen molar-refractivity contribution in [3.63, 3.8) is 0 Å². The van der Waals surface area contributed by atoms with Crippen LogP contribution in [0.1, 0.15) is 47.5 Å². The molecule has 4 amide bonds. The van der Waals surface area contributed by atoms with Gasteiger partial charge in [-0.2, -0.15) is 5.26 Å². The number of amides is 4. The van der Waals surface area contributed by atoms with E-state index >= 15 is 0 Å². The van der Waals surface area contributed by atoms with E-state index in [2.05, 4.69) is 5.32 Å². The topological polar surface area (TPSA) is 140 Å². The number of rotatable bonds is 7. The van der Waals surface area contributed by atoms with Crippen molar-refractivity contribution in [2.45, 2.75) is 65.5 Å². The zero-order chi connectivity index (χ0) is 27.7. The van der Waals surface area contributed by atoms with Crippen LogP contribution in [-0.2, 0) is 19.2 Å². The molecule has 6 atom stereocenters. The molecule has 4 aliphatic rings. The Bertz CT molecular complexity index is 1040. The van der Waals surface area contributed by atoms with Gasteiger partial charge in [0.25, 0.3) is 11.8 Å². The smallest absolute Gasteiger partial charge is 0.276 e. The SMILES string of the molecule is CC1(C)C2CN(C(=O)[C@@H](C(=O)N([C@H](C#N)C[C@@H]3CCNC3=O)N3CC(F)(F)C3)C(C)(C)C)C(C(N)=O)C21. The first kappa shape index (κ1) is 27.2. The third-order valence-corrected chi connectivity index (χ3v) is 8.62. The maximum absolute atomic E-state index is 14.1. The van der Waals surface area contributed by atoms with E-state index in [0.717, 1.165) is 10.0 Å². The van der Waals surface area contributed by atoms with Crippen LogP contribution in [0, 0.1) is 45.8 Å². The number of likely N-dealkylation sites (tertiary alicyclic amines) is 1. The number of primary amides is 1. The summed E-state index contributed by atoms with van der Waals surface area (Å²) in [6.45, 7) is 8.23. The largest absolute Gasteiger partial charge is 0.368 e. The van der Waals surface area contributed by atoms with Gasteiger partial charge in [0.1, 0.15) is 18.0 Å². The van der Waals surface area contributed by atoms with E-state index in [0.29, 0.717) is 13.0 Å². The van der Waals surface area contributed by atoms with Gasteiger partial charge in [-0.1, -0.05) is 34.6 Å². The summed E-state index contributed by atoms with van der Waals surface area (Å²) in [5, 5.41) is 14.7. The molecule has 1 saturated carbocycles. The quantitative estimate of drug-likeness (QED) is 0.473. The van der Waals surface area contributed by atoms with Gasteiger partial charge in [0.05, 0.1) is 19.2 Å². The van der Waals surface area contributed by atoms with Crippen molar-refractivity contribution in [3.05, 3.63) is 0 Å². The molecular weight excluding hydrogens is 486 g/mol. The van der Waals surface area contributed by atoms with Crippen molar-refractivity contribution >= 4 is 23.6 Å². The van der Waals surface area contributed by atoms with Crippen molar-refractivity contribution in [1.82, 2.24) is 20.2 Å². The lowest BCUT2D eigenvalue weighted by molar-refractivity contribution is -0.226. The van der Waals surface area contributed by atoms with Crippen LogP contribution in [0.25, 0.3) is 0 Å². The Hall–Kier alpha value is -2.81. The fraction of sp³-hybridized carbons (Fsp3) is 0.800. The second-order valence-electron chi connectivity index (χ2n) is 12.6. The van der Waals surface area contributed by atoms with Crippen LogP contribution in [-0.4, -0.2) is 82.7 Å². The number of hydrogen-bond acceptors (Lipinski definition) is 6. The molecule has 0 aromatic rings. The third-order valence-electron chi connectivity index (χ3n) is 8.62. The van der Waals surface area contributed by atoms with Crippen LogP contribution in [0.5, 0.6) is 0 Å². The van der Waals surface area contributed by atoms with Gasteiger partial charge in [-0.25, -0.2) is 13.8 Å². The Morgan fingerprint density at radius 2 is 1.89 bits per heavy atom. The maximum Gasteiger partial charge on any atom is 0.276 e. The van der Waals surface area contributed by atoms with Crippen molar-refractivity contribution < 1.29 is 28.0 Å². The van der Waals surface area contributed by atoms with E-state index < -0.39 is 66.1 Å². The average Bonchev–Trinajstić information content (AvgIpc) is 3.11. The van der Waals surface area contributed by atoms with Gasteiger partial charge in [0.15, 0.2) is 0 Å². The molecule has 4 rings (SSSR count). The summed E-state index contributed by atoms with van der Waals surface area (Å²) in [7, 11) is 0. The van der Waals surface area contributed by atoms with Crippen molar-refractivity contribution in [3.8, 4) is 6.07 Å². The fourth-order valence-corrected chi connectivity index (χ4v) is 6.46. The maximum atomic E-state index is 14.1. The zero-order valence-electron chi connectivity index (χ0n) is 22.0. The van der Waals surface area contributed by atoms with Crippen molar-refractivity contribution in [2.75, 3.05) is 26.2 Å². The lowest BCUT2D eigenvalue weighted by Crippen LogP contribution is -2.68. The lowest BCUT2D eigenvalue weighted by atomic mass is 9.78. The number of piperidine rings is 1. The Labute approximate surface area is 215 Å². The van der Waals surface area contributed by atoms with Gasteiger partial charge in [-0.3, -0.25) is 24.2 Å². The highest BCUT2D eigenvalue weighted by Crippen LogP contribution is 2.65. The molecule has 0 spiro atoms. The summed E-state index contributed by atoms with van der Waals surface area (Å²) in [6.07, 6.45) is 0.427. The number of carbonyl (C=O) groups excluding carboxylic acids is 4. The first-order valence-electron chi connectivity index (χ1n) is 12.7. The van der Waals surface area contributed by atoms with Crippen LogP contribution in [0.3, 0.4) is 0 Å². The van der Waals surface area contributed by atoms with Crippen LogP contribution in [0.2, 0.25) is 0 Å². The molecule has 1 aliphatic carbocycles. The molecule has 10 nitrogen and oxygen atoms in total. The molecule has 3 aliphatic heterocycles. The predicted octanol–water partition coefficient (Wildman–Crippen LogP) is 0.730. The Kier molecular flexibility index (Phi) is 6.54. The number of nitrogens with two attached hydrogens (primary N) is 1. The number of nitrogens with zero attached hydrogens (tertiary/aromatic N) is 4. The standard InChI is InChI=1S/C25H36F2N6O4/c1-23(2,3)17(21(36)32-10-15-16(24(15,4)5)18(32)19(29)34)22(37)33(31-11-25(26,27)12-31)14(9-28)8-13-6-7-30-20(13)35/h13-18H,6-8,10-12H2,1-5H3,(H2,29,34)(H,30,35)/t13-,14-,15?,16?,17-,18?/m0/s1. The number of nitrogens with one attached hydrogen (secondary N) is 1. The number of alkyl halides is 2. The van der Waals surface area contributed by atoms with Crippen molar-refractivity contribution in [1.29, 1.82) is 5.26 Å². The summed E-state index contributed by atoms with van der Waals surface area (Å²) < 4.78 is 27.8. The number of halogens is 2. The van der Waals surface area contributed by atoms with Crippen LogP contribution in [0.15, 0.2) is 0 Å². The molecule has 0 bridgehead atoms. The van der Waals surface area contributed by atoms with E-state index in [1.165, 1.54) is 4.90 Å². The molecule has 0 aromatic carbocycles. The van der Waals surface area contributed by atoms with Crippen LogP contribution >= 0.6 is 0 Å². The normalized spacial score (nSPS) is 31.4. The van der Waals surface area contributed by atoms with Crippen LogP contribution in [0.4, 0.5) is 8.78 Å². The van der Waals surface area contributed by atoms with E-state index in [1.807, 2.05) is 19.9 Å². The second-order valence-corrected chi connectivity index (χ2v) is 12.6. The molecular formula is C25H36F2N6O4. The molecule has 3 saturated heterocycles. The van der Waals surface area contributed by atoms with Crippen LogP contribution < -0.4 is 11.1 Å². The highest BCUT2D eigenvalue weighted by molar-refractivity contribution is 6.03. The van der Waals surface area contributed by atoms with Gasteiger partial charge < -0.3 is 16.0 Å². The van der Waals surface area contributed by atoms with Crippen molar-refractivity contribution in [2.24, 2.45) is 40.2 Å². The van der Waals surface area contributed by atoms with E-state index in [-0.39, 0.29) is 36.1 Å². The number of fused-ring (bicyclic) bond motifs is 1. The molecule has 0 radical (unpaired) electrons. The molecule has 12 heteroatoms. The lowest BCUT2D eigenvalue weighted by Gasteiger charge is -2.49. The Morgan fingerprint density at radius 3 is 2.35 bits per heavy atom. The van der Waals surface area contributed by atoms with Gasteiger partial charge in [-0.05, 0) is 35.5 Å². The second kappa shape index (κ2) is 8.89. The molecule has 3 unspecified atom stereocenters. The first-order chi connectivity index (χ1) is 17.0. The number of nitriles is 1. The van der Waals surface area contributed by atoms with Gasteiger partial charge in [0.2, 0.25) is 17.7 Å². The summed E-state index contributed by atoms with van der Waals surface area (Å²) in [5.41, 5.74) is 4.58. The van der Waals surface area contributed by atoms with Gasteiger partial charge in [0, 0.05) is 19.0 Å². The van der Waals surface area contributed by atoms with Gasteiger partial charge >= 0.3 is 0 Å². The summed E-state index contributed by atoms with van der Waals surface area (Å²) in [4.78, 5) is 54.0. The average molecular weight is 523 g/mol. The molecule has 37 heavy (non-hydrogen) atoms. The minimum absolute atomic E-state index is 0.0346. The fourth-order valence-electron chi connectivity index (χ4n) is 6.46. The summed E-state index contributed by atoms with van der Waals surface area (Å²) in [6, 6.07) is -0.0620. The van der Waals surface area contributed by atoms with E-state index in [4.69, 9.17) is 5.73 Å². The highest BCUT2D eigenvalue weighted by Gasteiger charge is 2.70. The number of hydrogen-bond donors (Lipinski definition) is 2. The molecule has 3 N–H and O–H groups in total. The third kappa shape index (κ3) is 4.67. The van der Waals surface area contributed by atoms with Gasteiger partial charge in [-0.15, -0.1) is 0 Å². The Balaban J connectivity index is 1.65. The monoisotopic (exact) mass is 522 g/mol. The first-order valence-corrected chi connectivity index (χ1v) is 12.7. The number of hydrazine groups is 1. The summed E-state index contributed by atoms with van der Waals surface area (Å²) >= 11 is 0. The highest BCUT2D eigenvalue weighted by atomic mass is 19.3. The molecule has 204 valence electrons. The predicted molar refractivity (Wildman–Crippen MR) is 127 cm³/mol. The van der Waals surface area contributed by atoms with E-state index in [9.17, 15) is 33.2 Å². The zero-order valence-corrected chi connectivity index (χ0v) is 22.0. The molecule has 0 aromatic heterocycles. The summed E-state index contributed by atoms with van der Waals surface area (Å²) in [5.74, 6) is -7.26. The molecule has 3 heterocycles. The Morgan fingerprint density at radius 1 is 1.27 bits per heavy atom. The number of carbonyl (C=O) groups is 4. The molecule has 4 fully saturated rings. The van der Waals surface area contributed by atoms with E-state index in [1.54, 1.807) is 20.8 Å². The minimum Gasteiger partial charge on any atom is -0.368 e.